The molecule has 3 aromatic rings. The predicted molar refractivity (Wildman–Crippen MR) is 109 cm³/mol. The van der Waals surface area contributed by atoms with E-state index in [1.54, 1.807) is 0 Å². The molecular formula is C22H21N5O3. The number of hydrogen-bond donors (Lipinski definition) is 3. The SMILES string of the molecule is O=C(NC1CC1)C(=O)C(Cc1ccccc1)NC(=O)c1n[nH]nc1-c1ccccc1. The van der Waals surface area contributed by atoms with E-state index in [1.807, 2.05) is 60.7 Å². The number of aromatic nitrogens is 3. The Morgan fingerprint density at radius 2 is 1.63 bits per heavy atom. The number of ketones is 1. The molecule has 1 saturated carbocycles. The molecule has 1 aliphatic rings. The lowest BCUT2D eigenvalue weighted by Crippen LogP contribution is -2.49. The third-order valence-electron chi connectivity index (χ3n) is 4.85. The molecule has 3 N–H and O–H groups in total. The molecule has 1 atom stereocenters. The van der Waals surface area contributed by atoms with Gasteiger partial charge in [0, 0.05) is 18.0 Å². The van der Waals surface area contributed by atoms with E-state index in [2.05, 4.69) is 26.0 Å². The molecule has 1 heterocycles. The summed E-state index contributed by atoms with van der Waals surface area (Å²) in [5.41, 5.74) is 1.99. The van der Waals surface area contributed by atoms with Crippen molar-refractivity contribution >= 4 is 17.6 Å². The lowest BCUT2D eigenvalue weighted by atomic mass is 10.0. The molecule has 2 amide bonds. The number of carbonyl (C=O) groups excluding carboxylic acids is 3. The number of carbonyl (C=O) groups is 3. The van der Waals surface area contributed by atoms with Crippen LogP contribution in [-0.4, -0.2) is 45.1 Å². The van der Waals surface area contributed by atoms with Crippen molar-refractivity contribution < 1.29 is 14.4 Å². The Morgan fingerprint density at radius 1 is 0.967 bits per heavy atom. The van der Waals surface area contributed by atoms with Crippen molar-refractivity contribution in [3.63, 3.8) is 0 Å². The van der Waals surface area contributed by atoms with Crippen LogP contribution in [0.2, 0.25) is 0 Å². The first-order chi connectivity index (χ1) is 14.6. The van der Waals surface area contributed by atoms with Crippen LogP contribution in [0.5, 0.6) is 0 Å². The van der Waals surface area contributed by atoms with Gasteiger partial charge in [0.1, 0.15) is 11.7 Å². The maximum absolute atomic E-state index is 12.9. The molecule has 1 aliphatic carbocycles. The molecule has 30 heavy (non-hydrogen) atoms. The highest BCUT2D eigenvalue weighted by Gasteiger charge is 2.32. The van der Waals surface area contributed by atoms with Crippen molar-refractivity contribution in [1.29, 1.82) is 0 Å². The van der Waals surface area contributed by atoms with E-state index >= 15 is 0 Å². The van der Waals surface area contributed by atoms with Crippen molar-refractivity contribution in [2.24, 2.45) is 0 Å². The summed E-state index contributed by atoms with van der Waals surface area (Å²) in [7, 11) is 0. The van der Waals surface area contributed by atoms with Crippen LogP contribution in [0.1, 0.15) is 28.9 Å². The van der Waals surface area contributed by atoms with Crippen LogP contribution in [-0.2, 0) is 16.0 Å². The van der Waals surface area contributed by atoms with Gasteiger partial charge < -0.3 is 10.6 Å². The molecule has 1 unspecified atom stereocenters. The molecule has 8 heteroatoms. The van der Waals surface area contributed by atoms with Gasteiger partial charge in [0.2, 0.25) is 5.78 Å². The van der Waals surface area contributed by atoms with Crippen molar-refractivity contribution in [2.75, 3.05) is 0 Å². The second kappa shape index (κ2) is 8.69. The first kappa shape index (κ1) is 19.5. The van der Waals surface area contributed by atoms with E-state index in [1.165, 1.54) is 0 Å². The van der Waals surface area contributed by atoms with Crippen LogP contribution in [0.25, 0.3) is 11.3 Å². The van der Waals surface area contributed by atoms with Crippen molar-refractivity contribution in [3.8, 4) is 11.3 Å². The summed E-state index contributed by atoms with van der Waals surface area (Å²) in [6.45, 7) is 0. The Morgan fingerprint density at radius 3 is 2.30 bits per heavy atom. The summed E-state index contributed by atoms with van der Waals surface area (Å²) in [5, 5.41) is 15.9. The molecule has 0 radical (unpaired) electrons. The molecular weight excluding hydrogens is 382 g/mol. The number of nitrogens with one attached hydrogen (secondary N) is 3. The van der Waals surface area contributed by atoms with E-state index in [0.29, 0.717) is 11.3 Å². The first-order valence-electron chi connectivity index (χ1n) is 9.77. The fourth-order valence-electron chi connectivity index (χ4n) is 3.11. The van der Waals surface area contributed by atoms with Crippen LogP contribution in [0.4, 0.5) is 0 Å². The summed E-state index contributed by atoms with van der Waals surface area (Å²) in [6, 6.07) is 17.4. The van der Waals surface area contributed by atoms with Crippen molar-refractivity contribution in [3.05, 3.63) is 71.9 Å². The predicted octanol–water partition coefficient (Wildman–Crippen LogP) is 1.66. The molecule has 0 saturated heterocycles. The van der Waals surface area contributed by atoms with E-state index in [9.17, 15) is 14.4 Å². The number of H-pyrrole nitrogens is 1. The minimum Gasteiger partial charge on any atom is -0.347 e. The maximum atomic E-state index is 12.9. The molecule has 8 nitrogen and oxygen atoms in total. The van der Waals surface area contributed by atoms with E-state index in [4.69, 9.17) is 0 Å². The Kier molecular flexibility index (Phi) is 5.65. The largest absolute Gasteiger partial charge is 0.347 e. The topological polar surface area (TPSA) is 117 Å². The van der Waals surface area contributed by atoms with Crippen LogP contribution in [0.3, 0.4) is 0 Å². The highest BCUT2D eigenvalue weighted by atomic mass is 16.2. The van der Waals surface area contributed by atoms with Crippen LogP contribution in [0.15, 0.2) is 60.7 Å². The first-order valence-corrected chi connectivity index (χ1v) is 9.77. The summed E-state index contributed by atoms with van der Waals surface area (Å²) in [5.74, 6) is -1.93. The fourth-order valence-corrected chi connectivity index (χ4v) is 3.11. The second-order valence-corrected chi connectivity index (χ2v) is 7.21. The minimum atomic E-state index is -1.01. The average Bonchev–Trinajstić information content (AvgIpc) is 3.45. The van der Waals surface area contributed by atoms with Crippen LogP contribution >= 0.6 is 0 Å². The normalized spacial score (nSPS) is 14.0. The van der Waals surface area contributed by atoms with Crippen molar-refractivity contribution in [2.45, 2.75) is 31.3 Å². The molecule has 0 bridgehead atoms. The highest BCUT2D eigenvalue weighted by Crippen LogP contribution is 2.20. The maximum Gasteiger partial charge on any atom is 0.289 e. The number of rotatable bonds is 8. The van der Waals surface area contributed by atoms with Gasteiger partial charge in [-0.2, -0.15) is 15.4 Å². The number of nitrogens with zero attached hydrogens (tertiary/aromatic N) is 2. The zero-order valence-corrected chi connectivity index (χ0v) is 16.2. The molecule has 1 aromatic heterocycles. The zero-order chi connectivity index (χ0) is 20.9. The zero-order valence-electron chi connectivity index (χ0n) is 16.2. The highest BCUT2D eigenvalue weighted by molar-refractivity contribution is 6.38. The Hall–Kier alpha value is -3.81. The number of hydrogen-bond acceptors (Lipinski definition) is 5. The minimum absolute atomic E-state index is 0.0507. The van der Waals surface area contributed by atoms with Gasteiger partial charge >= 0.3 is 0 Å². The standard InChI is InChI=1S/C22H21N5O3/c28-20(22(30)23-16-11-12-16)17(13-14-7-3-1-4-8-14)24-21(29)19-18(25-27-26-19)15-9-5-2-6-10-15/h1-10,16-17H,11-13H2,(H,23,30)(H,24,29)(H,25,26,27). The Balaban J connectivity index is 1.55. The fraction of sp³-hybridized carbons (Fsp3) is 0.227. The Bertz CT molecular complexity index is 1040. The molecule has 152 valence electrons. The summed E-state index contributed by atoms with van der Waals surface area (Å²) >= 11 is 0. The van der Waals surface area contributed by atoms with Gasteiger partial charge in [-0.1, -0.05) is 60.7 Å². The number of benzene rings is 2. The van der Waals surface area contributed by atoms with Gasteiger partial charge in [0.25, 0.3) is 11.8 Å². The lowest BCUT2D eigenvalue weighted by Gasteiger charge is -2.17. The number of amides is 2. The number of Topliss-reactive ketones (excluding diaryl/α,β-unsaturated/α-hetero) is 1. The van der Waals surface area contributed by atoms with E-state index in [0.717, 1.165) is 18.4 Å². The van der Waals surface area contributed by atoms with Crippen molar-refractivity contribution in [1.82, 2.24) is 26.0 Å². The third kappa shape index (κ3) is 4.60. The smallest absolute Gasteiger partial charge is 0.289 e. The van der Waals surface area contributed by atoms with Gasteiger partial charge in [0.05, 0.1) is 0 Å². The summed E-state index contributed by atoms with van der Waals surface area (Å²) in [4.78, 5) is 38.1. The summed E-state index contributed by atoms with van der Waals surface area (Å²) in [6.07, 6.45) is 1.93. The number of aromatic amines is 1. The summed E-state index contributed by atoms with van der Waals surface area (Å²) < 4.78 is 0. The van der Waals surface area contributed by atoms with Gasteiger partial charge in [-0.25, -0.2) is 0 Å². The lowest BCUT2D eigenvalue weighted by molar-refractivity contribution is -0.139. The molecule has 1 fully saturated rings. The van der Waals surface area contributed by atoms with E-state index in [-0.39, 0.29) is 18.2 Å². The molecule has 0 aliphatic heterocycles. The van der Waals surface area contributed by atoms with Gasteiger partial charge in [-0.05, 0) is 18.4 Å². The average molecular weight is 403 g/mol. The molecule has 0 spiro atoms. The van der Waals surface area contributed by atoms with Gasteiger partial charge in [0.15, 0.2) is 5.69 Å². The van der Waals surface area contributed by atoms with Gasteiger partial charge in [-0.3, -0.25) is 14.4 Å². The second-order valence-electron chi connectivity index (χ2n) is 7.21. The quantitative estimate of drug-likeness (QED) is 0.495. The molecule has 4 rings (SSSR count). The van der Waals surface area contributed by atoms with E-state index < -0.39 is 23.6 Å². The third-order valence-corrected chi connectivity index (χ3v) is 4.85. The monoisotopic (exact) mass is 403 g/mol. The molecule has 2 aromatic carbocycles. The van der Waals surface area contributed by atoms with Crippen LogP contribution in [0, 0.1) is 0 Å². The van der Waals surface area contributed by atoms with Gasteiger partial charge in [-0.15, -0.1) is 0 Å². The Labute approximate surface area is 173 Å². The van der Waals surface area contributed by atoms with Crippen LogP contribution < -0.4 is 10.6 Å².